The number of halogens is 2. The smallest absolute Gasteiger partial charge is 0.211 e. The molecular formula is C6H10F2OS. The van der Waals surface area contributed by atoms with Crippen molar-refractivity contribution in [1.82, 2.24) is 0 Å². The molecular weight excluding hydrogens is 158 g/mol. The number of hydrogen-bond donors (Lipinski definition) is 0. The Morgan fingerprint density at radius 1 is 1.60 bits per heavy atom. The molecule has 10 heavy (non-hydrogen) atoms. The first kappa shape index (κ1) is 8.27. The molecule has 0 aliphatic heterocycles. The lowest BCUT2D eigenvalue weighted by Crippen LogP contribution is -2.43. The summed E-state index contributed by atoms with van der Waals surface area (Å²) in [5.41, 5.74) is 0. The standard InChI is InChI=1S/C6H10F2OS/c1-10-6(3-2-4-6)5(7)9-8/h5H,2-4H2,1H3. The van der Waals surface area contributed by atoms with Crippen molar-refractivity contribution in [2.24, 2.45) is 0 Å². The lowest BCUT2D eigenvalue weighted by Gasteiger charge is -2.40. The molecule has 1 aliphatic carbocycles. The fraction of sp³-hybridized carbons (Fsp3) is 1.00. The average molecular weight is 168 g/mol. The summed E-state index contributed by atoms with van der Waals surface area (Å²) in [5.74, 6) is 0. The molecule has 1 rings (SSSR count). The van der Waals surface area contributed by atoms with E-state index in [-0.39, 0.29) is 0 Å². The molecule has 0 N–H and O–H groups in total. The first-order chi connectivity index (χ1) is 4.75. The summed E-state index contributed by atoms with van der Waals surface area (Å²) in [6.45, 7) is 0. The van der Waals surface area contributed by atoms with Gasteiger partial charge in [-0.25, -0.2) is 4.39 Å². The zero-order chi connectivity index (χ0) is 7.61. The summed E-state index contributed by atoms with van der Waals surface area (Å²) in [6, 6.07) is 0. The van der Waals surface area contributed by atoms with Gasteiger partial charge in [0.05, 0.1) is 4.75 Å². The van der Waals surface area contributed by atoms with Gasteiger partial charge in [-0.3, -0.25) is 0 Å². The predicted molar refractivity (Wildman–Crippen MR) is 37.2 cm³/mol. The van der Waals surface area contributed by atoms with Crippen molar-refractivity contribution in [3.05, 3.63) is 0 Å². The first-order valence-corrected chi connectivity index (χ1v) is 4.44. The Kier molecular flexibility index (Phi) is 2.52. The van der Waals surface area contributed by atoms with Crippen molar-refractivity contribution in [1.29, 1.82) is 0 Å². The van der Waals surface area contributed by atoms with Crippen molar-refractivity contribution >= 4 is 11.8 Å². The molecule has 0 spiro atoms. The van der Waals surface area contributed by atoms with Gasteiger partial charge in [0.25, 0.3) is 6.36 Å². The van der Waals surface area contributed by atoms with E-state index in [2.05, 4.69) is 4.94 Å². The van der Waals surface area contributed by atoms with Crippen LogP contribution in [-0.2, 0) is 4.94 Å². The monoisotopic (exact) mass is 168 g/mol. The van der Waals surface area contributed by atoms with Gasteiger partial charge in [-0.15, -0.1) is 0 Å². The van der Waals surface area contributed by atoms with Crippen molar-refractivity contribution in [2.45, 2.75) is 30.4 Å². The molecule has 0 heterocycles. The minimum absolute atomic E-state index is 0.575. The Bertz CT molecular complexity index is 111. The van der Waals surface area contributed by atoms with Gasteiger partial charge in [-0.2, -0.15) is 16.7 Å². The molecule has 1 saturated carbocycles. The van der Waals surface area contributed by atoms with E-state index in [1.54, 1.807) is 6.26 Å². The molecule has 0 saturated heterocycles. The second-order valence-corrected chi connectivity index (χ2v) is 3.75. The Morgan fingerprint density at radius 3 is 2.30 bits per heavy atom. The second-order valence-electron chi connectivity index (χ2n) is 2.53. The first-order valence-electron chi connectivity index (χ1n) is 3.22. The lowest BCUT2D eigenvalue weighted by molar-refractivity contribution is -0.244. The Hall–Kier alpha value is 0.170. The van der Waals surface area contributed by atoms with Crippen LogP contribution in [0.5, 0.6) is 0 Å². The van der Waals surface area contributed by atoms with Gasteiger partial charge < -0.3 is 0 Å². The molecule has 4 heteroatoms. The Balaban J connectivity index is 2.46. The molecule has 1 aliphatic rings. The number of hydrogen-bond acceptors (Lipinski definition) is 2. The highest BCUT2D eigenvalue weighted by molar-refractivity contribution is 8.00. The van der Waals surface area contributed by atoms with Crippen LogP contribution in [0.25, 0.3) is 0 Å². The predicted octanol–water partition coefficient (Wildman–Crippen LogP) is 2.47. The lowest BCUT2D eigenvalue weighted by atomic mass is 9.84. The van der Waals surface area contributed by atoms with Crippen LogP contribution in [0.4, 0.5) is 8.92 Å². The highest BCUT2D eigenvalue weighted by Crippen LogP contribution is 2.47. The van der Waals surface area contributed by atoms with Crippen LogP contribution in [0, 0.1) is 0 Å². The van der Waals surface area contributed by atoms with Crippen LogP contribution >= 0.6 is 11.8 Å². The van der Waals surface area contributed by atoms with E-state index in [1.807, 2.05) is 0 Å². The van der Waals surface area contributed by atoms with Crippen LogP contribution < -0.4 is 0 Å². The zero-order valence-electron chi connectivity index (χ0n) is 5.77. The topological polar surface area (TPSA) is 9.23 Å². The summed E-state index contributed by atoms with van der Waals surface area (Å²) in [4.78, 5) is 3.16. The minimum atomic E-state index is -1.74. The van der Waals surface area contributed by atoms with Gasteiger partial charge in [0.2, 0.25) is 0 Å². The van der Waals surface area contributed by atoms with E-state index < -0.39 is 11.1 Å². The minimum Gasteiger partial charge on any atom is -0.211 e. The molecule has 1 fully saturated rings. The van der Waals surface area contributed by atoms with Gasteiger partial charge in [-0.05, 0) is 23.6 Å². The molecule has 1 nitrogen and oxygen atoms in total. The van der Waals surface area contributed by atoms with Crippen molar-refractivity contribution in [3.63, 3.8) is 0 Å². The molecule has 0 aromatic rings. The second kappa shape index (κ2) is 3.05. The Morgan fingerprint density at radius 2 is 2.20 bits per heavy atom. The molecule has 0 aromatic carbocycles. The van der Waals surface area contributed by atoms with E-state index in [4.69, 9.17) is 0 Å². The van der Waals surface area contributed by atoms with Crippen molar-refractivity contribution in [3.8, 4) is 0 Å². The third-order valence-electron chi connectivity index (χ3n) is 2.10. The molecule has 0 aromatic heterocycles. The van der Waals surface area contributed by atoms with E-state index in [9.17, 15) is 8.92 Å². The van der Waals surface area contributed by atoms with E-state index in [0.717, 1.165) is 19.3 Å². The van der Waals surface area contributed by atoms with Gasteiger partial charge in [-0.1, -0.05) is 6.42 Å². The fourth-order valence-corrected chi connectivity index (χ4v) is 2.05. The highest BCUT2D eigenvalue weighted by atomic mass is 32.2. The molecule has 0 amide bonds. The van der Waals surface area contributed by atoms with Crippen LogP contribution in [0.3, 0.4) is 0 Å². The van der Waals surface area contributed by atoms with E-state index in [1.165, 1.54) is 11.8 Å². The highest BCUT2D eigenvalue weighted by Gasteiger charge is 2.45. The summed E-state index contributed by atoms with van der Waals surface area (Å²) in [5, 5.41) is 0. The summed E-state index contributed by atoms with van der Waals surface area (Å²) in [7, 11) is 0. The number of rotatable bonds is 3. The summed E-state index contributed by atoms with van der Waals surface area (Å²) < 4.78 is 23.4. The van der Waals surface area contributed by atoms with Crippen molar-refractivity contribution < 1.29 is 13.9 Å². The normalized spacial score (nSPS) is 25.5. The molecule has 0 bridgehead atoms. The van der Waals surface area contributed by atoms with Crippen LogP contribution in [-0.4, -0.2) is 17.4 Å². The van der Waals surface area contributed by atoms with Crippen LogP contribution in [0.15, 0.2) is 0 Å². The van der Waals surface area contributed by atoms with E-state index in [0.29, 0.717) is 0 Å². The molecule has 0 radical (unpaired) electrons. The van der Waals surface area contributed by atoms with E-state index >= 15 is 0 Å². The zero-order valence-corrected chi connectivity index (χ0v) is 6.59. The van der Waals surface area contributed by atoms with Crippen LogP contribution in [0.2, 0.25) is 0 Å². The van der Waals surface area contributed by atoms with Gasteiger partial charge >= 0.3 is 0 Å². The maximum atomic E-state index is 12.6. The number of alkyl halides is 1. The quantitative estimate of drug-likeness (QED) is 0.640. The van der Waals surface area contributed by atoms with Crippen molar-refractivity contribution in [2.75, 3.05) is 6.26 Å². The molecule has 1 unspecified atom stereocenters. The van der Waals surface area contributed by atoms with Gasteiger partial charge in [0.15, 0.2) is 0 Å². The Labute approximate surface area is 63.0 Å². The van der Waals surface area contributed by atoms with Gasteiger partial charge in [0.1, 0.15) is 0 Å². The van der Waals surface area contributed by atoms with Gasteiger partial charge in [0, 0.05) is 0 Å². The van der Waals surface area contributed by atoms with Crippen LogP contribution in [0.1, 0.15) is 19.3 Å². The molecule has 60 valence electrons. The SMILES string of the molecule is CSC1(C(F)OF)CCC1. The fourth-order valence-electron chi connectivity index (χ4n) is 1.13. The molecule has 1 atom stereocenters. The third-order valence-corrected chi connectivity index (χ3v) is 3.50. The average Bonchev–Trinajstić information content (AvgIpc) is 1.86. The maximum absolute atomic E-state index is 12.6. The summed E-state index contributed by atoms with van der Waals surface area (Å²) >= 11 is 1.35. The number of thioether (sulfide) groups is 1. The summed E-state index contributed by atoms with van der Waals surface area (Å²) in [6.07, 6.45) is 2.46. The maximum Gasteiger partial charge on any atom is 0.251 e. The largest absolute Gasteiger partial charge is 0.251 e. The third kappa shape index (κ3) is 1.14.